The van der Waals surface area contributed by atoms with Crippen molar-refractivity contribution in [1.82, 2.24) is 4.57 Å². The Labute approximate surface area is 153 Å². The topological polar surface area (TPSA) is 58.9 Å². The molecule has 0 amide bonds. The van der Waals surface area contributed by atoms with E-state index in [2.05, 4.69) is 10.6 Å². The van der Waals surface area contributed by atoms with E-state index in [1.54, 1.807) is 18.4 Å². The number of aromatic nitrogens is 1. The summed E-state index contributed by atoms with van der Waals surface area (Å²) in [5.74, 6) is 0.611. The molecule has 0 aliphatic heterocycles. The van der Waals surface area contributed by atoms with Crippen LogP contribution in [0, 0.1) is 32.1 Å². The fourth-order valence-electron chi connectivity index (χ4n) is 3.05. The molecule has 0 bridgehead atoms. The molecule has 2 heterocycles. The van der Waals surface area contributed by atoms with Crippen LogP contribution < -0.4 is 0 Å². The summed E-state index contributed by atoms with van der Waals surface area (Å²) in [7, 11) is 0. The van der Waals surface area contributed by atoms with Crippen LogP contribution in [-0.2, 0) is 6.54 Å². The molecular formula is C22H20N2O2. The minimum absolute atomic E-state index is 0.137. The predicted octanol–water partition coefficient (Wildman–Crippen LogP) is 4.84. The summed E-state index contributed by atoms with van der Waals surface area (Å²) in [6.45, 7) is 6.47. The monoisotopic (exact) mass is 344 g/mol. The summed E-state index contributed by atoms with van der Waals surface area (Å²) < 4.78 is 7.53. The van der Waals surface area contributed by atoms with Crippen molar-refractivity contribution in [3.8, 4) is 6.07 Å². The van der Waals surface area contributed by atoms with Crippen LogP contribution in [0.25, 0.3) is 6.08 Å². The van der Waals surface area contributed by atoms with Gasteiger partial charge in [0.1, 0.15) is 17.4 Å². The molecule has 3 aromatic rings. The molecule has 4 heteroatoms. The SMILES string of the molecule is Cc1ccccc1C(=O)/C(C#N)=C/c1cc(C)n(Cc2ccco2)c1C. The van der Waals surface area contributed by atoms with Crippen LogP contribution in [0.5, 0.6) is 0 Å². The average Bonchev–Trinajstić information content (AvgIpc) is 3.23. The van der Waals surface area contributed by atoms with Gasteiger partial charge in [0.2, 0.25) is 5.78 Å². The second-order valence-corrected chi connectivity index (χ2v) is 6.31. The van der Waals surface area contributed by atoms with Gasteiger partial charge in [0, 0.05) is 17.0 Å². The first-order chi connectivity index (χ1) is 12.5. The number of allylic oxidation sites excluding steroid dienone is 1. The number of nitriles is 1. The number of rotatable bonds is 5. The molecule has 0 atom stereocenters. The van der Waals surface area contributed by atoms with Crippen molar-refractivity contribution in [2.75, 3.05) is 0 Å². The minimum atomic E-state index is -0.249. The van der Waals surface area contributed by atoms with Crippen LogP contribution in [0.15, 0.2) is 58.7 Å². The maximum atomic E-state index is 12.7. The molecule has 0 unspecified atom stereocenters. The molecule has 26 heavy (non-hydrogen) atoms. The largest absolute Gasteiger partial charge is 0.467 e. The second-order valence-electron chi connectivity index (χ2n) is 6.31. The maximum Gasteiger partial charge on any atom is 0.203 e. The highest BCUT2D eigenvalue weighted by Gasteiger charge is 2.16. The Balaban J connectivity index is 1.97. The summed E-state index contributed by atoms with van der Waals surface area (Å²) in [6.07, 6.45) is 3.33. The smallest absolute Gasteiger partial charge is 0.203 e. The van der Waals surface area contributed by atoms with Crippen molar-refractivity contribution in [2.45, 2.75) is 27.3 Å². The summed E-state index contributed by atoms with van der Waals surface area (Å²) >= 11 is 0. The Morgan fingerprint density at radius 2 is 1.96 bits per heavy atom. The van der Waals surface area contributed by atoms with Crippen LogP contribution in [0.2, 0.25) is 0 Å². The van der Waals surface area contributed by atoms with Gasteiger partial charge in [0.25, 0.3) is 0 Å². The van der Waals surface area contributed by atoms with Gasteiger partial charge in [-0.3, -0.25) is 4.79 Å². The lowest BCUT2D eigenvalue weighted by atomic mass is 9.98. The molecule has 0 N–H and O–H groups in total. The molecule has 1 aromatic carbocycles. The van der Waals surface area contributed by atoms with Crippen molar-refractivity contribution < 1.29 is 9.21 Å². The van der Waals surface area contributed by atoms with Gasteiger partial charge in [-0.1, -0.05) is 24.3 Å². The number of ketones is 1. The molecule has 0 saturated heterocycles. The summed E-state index contributed by atoms with van der Waals surface area (Å²) in [5.41, 5.74) is 4.46. The first kappa shape index (κ1) is 17.5. The predicted molar refractivity (Wildman–Crippen MR) is 101 cm³/mol. The molecule has 0 aliphatic carbocycles. The fourth-order valence-corrected chi connectivity index (χ4v) is 3.05. The van der Waals surface area contributed by atoms with Gasteiger partial charge < -0.3 is 8.98 Å². The third kappa shape index (κ3) is 3.38. The molecular weight excluding hydrogens is 324 g/mol. The Hall–Kier alpha value is -3.32. The standard InChI is InChI=1S/C22H20N2O2/c1-15-7-4-5-9-21(15)22(25)19(13-23)12-18-11-16(2)24(17(18)3)14-20-8-6-10-26-20/h4-12H,14H2,1-3H3/b19-12+. The van der Waals surface area contributed by atoms with E-state index < -0.39 is 0 Å². The molecule has 0 aliphatic rings. The third-order valence-corrected chi connectivity index (χ3v) is 4.56. The first-order valence-electron chi connectivity index (χ1n) is 8.42. The van der Waals surface area contributed by atoms with Gasteiger partial charge in [-0.2, -0.15) is 5.26 Å². The lowest BCUT2D eigenvalue weighted by molar-refractivity contribution is 0.103. The Morgan fingerprint density at radius 1 is 1.19 bits per heavy atom. The first-order valence-corrected chi connectivity index (χ1v) is 8.42. The summed E-state index contributed by atoms with van der Waals surface area (Å²) in [5, 5.41) is 9.52. The van der Waals surface area contributed by atoms with Crippen molar-refractivity contribution in [2.24, 2.45) is 0 Å². The Kier molecular flexibility index (Phi) is 4.90. The number of benzene rings is 1. The number of furan rings is 1. The molecule has 130 valence electrons. The van der Waals surface area contributed by atoms with Crippen LogP contribution in [0.1, 0.15) is 38.6 Å². The number of hydrogen-bond acceptors (Lipinski definition) is 3. The lowest BCUT2D eigenvalue weighted by Gasteiger charge is -2.07. The second kappa shape index (κ2) is 7.28. The fraction of sp³-hybridized carbons (Fsp3) is 0.182. The molecule has 4 nitrogen and oxygen atoms in total. The van der Waals surface area contributed by atoms with E-state index in [1.165, 1.54) is 0 Å². The van der Waals surface area contributed by atoms with Gasteiger partial charge in [0.15, 0.2) is 0 Å². The van der Waals surface area contributed by atoms with Gasteiger partial charge in [-0.05, 0) is 56.2 Å². The number of hydrogen-bond donors (Lipinski definition) is 0. The molecule has 0 radical (unpaired) electrons. The van der Waals surface area contributed by atoms with Crippen LogP contribution in [0.3, 0.4) is 0 Å². The quantitative estimate of drug-likeness (QED) is 0.378. The average molecular weight is 344 g/mol. The van der Waals surface area contributed by atoms with Gasteiger partial charge in [-0.25, -0.2) is 0 Å². The summed E-state index contributed by atoms with van der Waals surface area (Å²) in [6, 6.07) is 15.2. The number of nitrogens with zero attached hydrogens (tertiary/aromatic N) is 2. The molecule has 0 saturated carbocycles. The van der Waals surface area contributed by atoms with E-state index in [0.717, 1.165) is 28.3 Å². The van der Waals surface area contributed by atoms with E-state index in [4.69, 9.17) is 4.42 Å². The zero-order chi connectivity index (χ0) is 18.7. The van der Waals surface area contributed by atoms with E-state index in [0.29, 0.717) is 12.1 Å². The minimum Gasteiger partial charge on any atom is -0.467 e. The van der Waals surface area contributed by atoms with Gasteiger partial charge >= 0.3 is 0 Å². The van der Waals surface area contributed by atoms with E-state index in [9.17, 15) is 10.1 Å². The van der Waals surface area contributed by atoms with Crippen molar-refractivity contribution in [3.05, 3.63) is 88.1 Å². The number of Topliss-reactive ketones (excluding diaryl/α,β-unsaturated/α-hetero) is 1. The molecule has 0 fully saturated rings. The van der Waals surface area contributed by atoms with Crippen molar-refractivity contribution in [1.29, 1.82) is 5.26 Å². The lowest BCUT2D eigenvalue weighted by Crippen LogP contribution is -2.05. The highest BCUT2D eigenvalue weighted by Crippen LogP contribution is 2.22. The van der Waals surface area contributed by atoms with E-state index in [1.807, 2.05) is 57.2 Å². The number of carbonyl (C=O) groups excluding carboxylic acids is 1. The van der Waals surface area contributed by atoms with E-state index in [-0.39, 0.29) is 11.4 Å². The van der Waals surface area contributed by atoms with E-state index >= 15 is 0 Å². The Bertz CT molecular complexity index is 1020. The molecule has 0 spiro atoms. The zero-order valence-corrected chi connectivity index (χ0v) is 15.1. The van der Waals surface area contributed by atoms with Gasteiger partial charge in [0.05, 0.1) is 12.8 Å². The number of aryl methyl sites for hydroxylation is 2. The molecule has 3 rings (SSSR count). The van der Waals surface area contributed by atoms with Crippen LogP contribution in [-0.4, -0.2) is 10.4 Å². The zero-order valence-electron chi connectivity index (χ0n) is 15.1. The molecule has 2 aromatic heterocycles. The van der Waals surface area contributed by atoms with Gasteiger partial charge in [-0.15, -0.1) is 0 Å². The number of carbonyl (C=O) groups is 1. The highest BCUT2D eigenvalue weighted by molar-refractivity contribution is 6.14. The maximum absolute atomic E-state index is 12.7. The highest BCUT2D eigenvalue weighted by atomic mass is 16.3. The Morgan fingerprint density at radius 3 is 2.62 bits per heavy atom. The third-order valence-electron chi connectivity index (χ3n) is 4.56. The van der Waals surface area contributed by atoms with Crippen molar-refractivity contribution in [3.63, 3.8) is 0 Å². The van der Waals surface area contributed by atoms with Crippen molar-refractivity contribution >= 4 is 11.9 Å². The van der Waals surface area contributed by atoms with Crippen LogP contribution >= 0.6 is 0 Å². The van der Waals surface area contributed by atoms with Crippen LogP contribution in [0.4, 0.5) is 0 Å². The normalized spacial score (nSPS) is 11.4. The summed E-state index contributed by atoms with van der Waals surface area (Å²) in [4.78, 5) is 12.7.